The Bertz CT molecular complexity index is 116. The molecule has 58 valence electrons. The van der Waals surface area contributed by atoms with Gasteiger partial charge in [0, 0.05) is 0 Å². The summed E-state index contributed by atoms with van der Waals surface area (Å²) in [6.07, 6.45) is 6.83. The maximum Gasteiger partial charge on any atom is -0.0236 e. The van der Waals surface area contributed by atoms with Crippen LogP contribution < -0.4 is 0 Å². The van der Waals surface area contributed by atoms with Gasteiger partial charge in [0.25, 0.3) is 0 Å². The van der Waals surface area contributed by atoms with Crippen LogP contribution in [0.3, 0.4) is 0 Å². The summed E-state index contributed by atoms with van der Waals surface area (Å²) < 4.78 is 0. The van der Waals surface area contributed by atoms with E-state index < -0.39 is 0 Å². The molecule has 0 heteroatoms. The summed E-state index contributed by atoms with van der Waals surface area (Å²) in [5, 5.41) is 0. The first kappa shape index (κ1) is 9.48. The molecule has 0 bridgehead atoms. The Hall–Kier alpha value is -0.520. The van der Waals surface area contributed by atoms with E-state index in [1.807, 2.05) is 6.92 Å². The van der Waals surface area contributed by atoms with Gasteiger partial charge in [-0.15, -0.1) is 0 Å². The Morgan fingerprint density at radius 3 is 2.20 bits per heavy atom. The largest absolute Gasteiger partial charge is 0.0961 e. The lowest BCUT2D eigenvalue weighted by Crippen LogP contribution is -1.89. The fourth-order valence-corrected chi connectivity index (χ4v) is 0.861. The molecule has 0 rings (SSSR count). The molecule has 0 aliphatic rings. The van der Waals surface area contributed by atoms with Crippen LogP contribution in [0.1, 0.15) is 33.6 Å². The van der Waals surface area contributed by atoms with Gasteiger partial charge >= 0.3 is 0 Å². The molecule has 0 radical (unpaired) electrons. The van der Waals surface area contributed by atoms with E-state index in [1.54, 1.807) is 0 Å². The van der Waals surface area contributed by atoms with Crippen molar-refractivity contribution >= 4 is 0 Å². The summed E-state index contributed by atoms with van der Waals surface area (Å²) in [7, 11) is 0. The molecule has 0 N–H and O–H groups in total. The van der Waals surface area contributed by atoms with E-state index >= 15 is 0 Å². The minimum atomic E-state index is 0.747. The zero-order chi connectivity index (χ0) is 7.98. The van der Waals surface area contributed by atoms with Gasteiger partial charge in [-0.1, -0.05) is 38.2 Å². The third kappa shape index (κ3) is 4.37. The molecule has 0 spiro atoms. The highest BCUT2D eigenvalue weighted by molar-refractivity contribution is 5.11. The Kier molecular flexibility index (Phi) is 5.00. The third-order valence-electron chi connectivity index (χ3n) is 1.70. The lowest BCUT2D eigenvalue weighted by atomic mass is 10.0. The average Bonchev–Trinajstić information content (AvgIpc) is 1.90. The van der Waals surface area contributed by atoms with Crippen molar-refractivity contribution in [3.63, 3.8) is 0 Å². The molecule has 0 saturated carbocycles. The number of hydrogen-bond acceptors (Lipinski definition) is 0. The van der Waals surface area contributed by atoms with Gasteiger partial charge in [0.1, 0.15) is 0 Å². The maximum absolute atomic E-state index is 3.81. The predicted octanol–water partition coefficient (Wildman–Crippen LogP) is 3.55. The first-order valence-corrected chi connectivity index (χ1v) is 4.04. The van der Waals surface area contributed by atoms with Crippen LogP contribution in [-0.4, -0.2) is 0 Å². The second-order valence-electron chi connectivity index (χ2n) is 2.78. The molecule has 0 nitrogen and oxygen atoms in total. The molecule has 0 unspecified atom stereocenters. The summed E-state index contributed by atoms with van der Waals surface area (Å²) in [6, 6.07) is 0. The van der Waals surface area contributed by atoms with E-state index in [4.69, 9.17) is 0 Å². The van der Waals surface area contributed by atoms with Gasteiger partial charge in [0.05, 0.1) is 0 Å². The highest BCUT2D eigenvalue weighted by Gasteiger charge is 1.94. The van der Waals surface area contributed by atoms with Crippen LogP contribution in [0.25, 0.3) is 0 Å². The zero-order valence-electron chi connectivity index (χ0n) is 7.35. The fourth-order valence-electron chi connectivity index (χ4n) is 0.861. The van der Waals surface area contributed by atoms with E-state index in [2.05, 4.69) is 32.6 Å². The molecular weight excluding hydrogens is 120 g/mol. The molecular formula is C10H18. The summed E-state index contributed by atoms with van der Waals surface area (Å²) in [4.78, 5) is 0. The third-order valence-corrected chi connectivity index (χ3v) is 1.70. The number of rotatable bonds is 4. The summed E-state index contributed by atoms with van der Waals surface area (Å²) in [5.41, 5.74) is 1.15. The van der Waals surface area contributed by atoms with E-state index in [9.17, 15) is 0 Å². The van der Waals surface area contributed by atoms with Crippen LogP contribution in [0, 0.1) is 5.92 Å². The van der Waals surface area contributed by atoms with Gasteiger partial charge < -0.3 is 0 Å². The molecule has 0 heterocycles. The average molecular weight is 138 g/mol. The molecule has 0 amide bonds. The quantitative estimate of drug-likeness (QED) is 0.521. The molecule has 0 saturated heterocycles. The second kappa shape index (κ2) is 5.28. The smallest absolute Gasteiger partial charge is 0.0236 e. The van der Waals surface area contributed by atoms with Crippen LogP contribution in [0.15, 0.2) is 24.3 Å². The molecule has 0 fully saturated rings. The number of allylic oxidation sites excluding steroid dienone is 3. The first-order chi connectivity index (χ1) is 4.70. The maximum atomic E-state index is 3.81. The van der Waals surface area contributed by atoms with Crippen LogP contribution >= 0.6 is 0 Å². The Morgan fingerprint density at radius 1 is 1.40 bits per heavy atom. The van der Waals surface area contributed by atoms with Gasteiger partial charge in [-0.2, -0.15) is 0 Å². The van der Waals surface area contributed by atoms with E-state index in [1.165, 1.54) is 12.8 Å². The van der Waals surface area contributed by atoms with Gasteiger partial charge in [-0.05, 0) is 25.7 Å². The highest BCUT2D eigenvalue weighted by atomic mass is 14.0. The van der Waals surface area contributed by atoms with Crippen molar-refractivity contribution < 1.29 is 0 Å². The van der Waals surface area contributed by atoms with E-state index in [0.717, 1.165) is 11.5 Å². The Labute approximate surface area is 64.6 Å². The molecule has 0 atom stereocenters. The van der Waals surface area contributed by atoms with Gasteiger partial charge in [0.2, 0.25) is 0 Å². The second-order valence-corrected chi connectivity index (χ2v) is 2.78. The molecule has 0 aliphatic carbocycles. The van der Waals surface area contributed by atoms with Crippen molar-refractivity contribution in [3.8, 4) is 0 Å². The minimum Gasteiger partial charge on any atom is -0.0961 e. The molecule has 0 aromatic heterocycles. The fraction of sp³-hybridized carbons (Fsp3) is 0.600. The Balaban J connectivity index is 3.72. The normalized spacial score (nSPS) is 11.2. The summed E-state index contributed by atoms with van der Waals surface area (Å²) >= 11 is 0. The molecule has 10 heavy (non-hydrogen) atoms. The van der Waals surface area contributed by atoms with Crippen molar-refractivity contribution in [2.24, 2.45) is 5.92 Å². The van der Waals surface area contributed by atoms with Gasteiger partial charge in [-0.25, -0.2) is 0 Å². The van der Waals surface area contributed by atoms with Crippen LogP contribution in [0.5, 0.6) is 0 Å². The van der Waals surface area contributed by atoms with Crippen LogP contribution in [0.4, 0.5) is 0 Å². The van der Waals surface area contributed by atoms with Crippen molar-refractivity contribution in [1.82, 2.24) is 0 Å². The van der Waals surface area contributed by atoms with Crippen LogP contribution in [0.2, 0.25) is 0 Å². The standard InChI is InChI=1S/C10H18/c1-5-10(6-2)8-7-9(3)4/h7-8,10H,3,5-6H2,1-2,4H3. The van der Waals surface area contributed by atoms with E-state index in [0.29, 0.717) is 0 Å². The summed E-state index contributed by atoms with van der Waals surface area (Å²) in [5.74, 6) is 0.747. The van der Waals surface area contributed by atoms with Crippen molar-refractivity contribution in [1.29, 1.82) is 0 Å². The zero-order valence-corrected chi connectivity index (χ0v) is 7.35. The molecule has 0 aromatic rings. The SMILES string of the molecule is C=C(C)C=CC(CC)CC. The lowest BCUT2D eigenvalue weighted by molar-refractivity contribution is 0.606. The predicted molar refractivity (Wildman–Crippen MR) is 48.0 cm³/mol. The first-order valence-electron chi connectivity index (χ1n) is 4.04. The monoisotopic (exact) mass is 138 g/mol. The highest BCUT2D eigenvalue weighted by Crippen LogP contribution is 2.09. The Morgan fingerprint density at radius 2 is 1.90 bits per heavy atom. The lowest BCUT2D eigenvalue weighted by Gasteiger charge is -2.03. The van der Waals surface area contributed by atoms with Crippen molar-refractivity contribution in [2.45, 2.75) is 33.6 Å². The van der Waals surface area contributed by atoms with Crippen molar-refractivity contribution in [2.75, 3.05) is 0 Å². The topological polar surface area (TPSA) is 0 Å². The van der Waals surface area contributed by atoms with E-state index in [-0.39, 0.29) is 0 Å². The number of hydrogen-bond donors (Lipinski definition) is 0. The molecule has 0 aliphatic heterocycles. The molecule has 0 aromatic carbocycles. The van der Waals surface area contributed by atoms with Gasteiger partial charge in [0.15, 0.2) is 0 Å². The van der Waals surface area contributed by atoms with Crippen LogP contribution in [-0.2, 0) is 0 Å². The summed E-state index contributed by atoms with van der Waals surface area (Å²) in [6.45, 7) is 10.3. The van der Waals surface area contributed by atoms with Gasteiger partial charge in [-0.3, -0.25) is 0 Å². The minimum absolute atomic E-state index is 0.747. The van der Waals surface area contributed by atoms with Crippen molar-refractivity contribution in [3.05, 3.63) is 24.3 Å².